The van der Waals surface area contributed by atoms with E-state index < -0.39 is 0 Å². The van der Waals surface area contributed by atoms with Crippen LogP contribution in [0.5, 0.6) is 0 Å². The summed E-state index contributed by atoms with van der Waals surface area (Å²) in [4.78, 5) is 2.28. The first-order valence-electron chi connectivity index (χ1n) is 6.02. The number of anilines is 1. The molecule has 0 amide bonds. The number of benzene rings is 1. The molecule has 1 atom stereocenters. The molecule has 0 saturated carbocycles. The average molecular weight is 236 g/mol. The molecule has 1 aromatic rings. The van der Waals surface area contributed by atoms with Crippen LogP contribution in [0.2, 0.25) is 0 Å². The van der Waals surface area contributed by atoms with Gasteiger partial charge >= 0.3 is 0 Å². The number of hydrogen-bond acceptors (Lipinski definition) is 4. The maximum Gasteiger partial charge on any atom is 0.0642 e. The van der Waals surface area contributed by atoms with Gasteiger partial charge < -0.3 is 20.5 Å². The number of morpholine rings is 1. The number of aliphatic hydroxyl groups is 1. The van der Waals surface area contributed by atoms with Crippen LogP contribution in [0.3, 0.4) is 0 Å². The normalized spacial score (nSPS) is 18.2. The summed E-state index contributed by atoms with van der Waals surface area (Å²) >= 11 is 0. The van der Waals surface area contributed by atoms with Crippen LogP contribution < -0.4 is 10.6 Å². The Bertz CT molecular complexity index is 376. The fraction of sp³-hybridized carbons (Fsp3) is 0.538. The third kappa shape index (κ3) is 2.77. The van der Waals surface area contributed by atoms with E-state index >= 15 is 0 Å². The Labute approximate surface area is 102 Å². The van der Waals surface area contributed by atoms with E-state index in [0.29, 0.717) is 0 Å². The largest absolute Gasteiger partial charge is 0.394 e. The molecule has 1 aliphatic rings. The molecule has 0 aromatic heterocycles. The topological polar surface area (TPSA) is 58.7 Å². The molecule has 4 nitrogen and oxygen atoms in total. The second-order valence-electron chi connectivity index (χ2n) is 4.45. The van der Waals surface area contributed by atoms with E-state index in [1.807, 2.05) is 12.1 Å². The summed E-state index contributed by atoms with van der Waals surface area (Å²) in [7, 11) is 0. The van der Waals surface area contributed by atoms with Gasteiger partial charge in [0, 0.05) is 18.8 Å². The van der Waals surface area contributed by atoms with Crippen LogP contribution >= 0.6 is 0 Å². The van der Waals surface area contributed by atoms with Crippen LogP contribution in [0.25, 0.3) is 0 Å². The third-order valence-corrected chi connectivity index (χ3v) is 3.13. The predicted molar refractivity (Wildman–Crippen MR) is 68.2 cm³/mol. The van der Waals surface area contributed by atoms with E-state index in [2.05, 4.69) is 17.9 Å². The van der Waals surface area contributed by atoms with E-state index in [1.165, 1.54) is 5.56 Å². The van der Waals surface area contributed by atoms with Gasteiger partial charge in [-0.05, 0) is 24.1 Å². The molecule has 0 aliphatic carbocycles. The number of rotatable bonds is 3. The Morgan fingerprint density at radius 1 is 1.41 bits per heavy atom. The Hall–Kier alpha value is -1.10. The van der Waals surface area contributed by atoms with Crippen molar-refractivity contribution in [1.29, 1.82) is 0 Å². The van der Waals surface area contributed by atoms with Crippen molar-refractivity contribution in [3.8, 4) is 0 Å². The summed E-state index contributed by atoms with van der Waals surface area (Å²) < 4.78 is 5.36. The number of hydrogen-bond donors (Lipinski definition) is 2. The number of nitrogens with zero attached hydrogens (tertiary/aromatic N) is 1. The van der Waals surface area contributed by atoms with Gasteiger partial charge in [-0.2, -0.15) is 0 Å². The molecule has 1 fully saturated rings. The zero-order chi connectivity index (χ0) is 12.3. The summed E-state index contributed by atoms with van der Waals surface area (Å²) in [5.74, 6) is 0. The molecular weight excluding hydrogens is 216 g/mol. The highest BCUT2D eigenvalue weighted by Crippen LogP contribution is 2.27. The van der Waals surface area contributed by atoms with Gasteiger partial charge in [-0.1, -0.05) is 12.1 Å². The monoisotopic (exact) mass is 236 g/mol. The van der Waals surface area contributed by atoms with Crippen LogP contribution in [-0.4, -0.2) is 38.0 Å². The first-order chi connectivity index (χ1) is 8.22. The van der Waals surface area contributed by atoms with Gasteiger partial charge in [0.25, 0.3) is 0 Å². The molecule has 1 unspecified atom stereocenters. The summed E-state index contributed by atoms with van der Waals surface area (Å²) in [6.45, 7) is 5.31. The van der Waals surface area contributed by atoms with Crippen LogP contribution in [0.15, 0.2) is 18.2 Å². The van der Waals surface area contributed by atoms with Crippen LogP contribution in [0, 0.1) is 6.92 Å². The average Bonchev–Trinajstić information content (AvgIpc) is 2.39. The maximum absolute atomic E-state index is 9.21. The quantitative estimate of drug-likeness (QED) is 0.816. The van der Waals surface area contributed by atoms with Crippen LogP contribution in [-0.2, 0) is 4.74 Å². The molecule has 3 N–H and O–H groups in total. The van der Waals surface area contributed by atoms with Gasteiger partial charge in [0.2, 0.25) is 0 Å². The van der Waals surface area contributed by atoms with Crippen molar-refractivity contribution in [3.05, 3.63) is 29.3 Å². The predicted octanol–water partition coefficient (Wildman–Crippen LogP) is 0.824. The Kier molecular flexibility index (Phi) is 3.99. The molecule has 94 valence electrons. The fourth-order valence-electron chi connectivity index (χ4n) is 2.14. The molecule has 17 heavy (non-hydrogen) atoms. The highest BCUT2D eigenvalue weighted by Gasteiger charge is 2.17. The van der Waals surface area contributed by atoms with Crippen molar-refractivity contribution in [2.24, 2.45) is 5.73 Å². The van der Waals surface area contributed by atoms with Crippen molar-refractivity contribution < 1.29 is 9.84 Å². The van der Waals surface area contributed by atoms with E-state index in [0.717, 1.165) is 37.6 Å². The molecule has 0 spiro atoms. The summed E-state index contributed by atoms with van der Waals surface area (Å²) in [6.07, 6.45) is 0. The standard InChI is InChI=1S/C13H20N2O2/c1-10-2-3-11(12(14)9-16)13(8-10)15-4-6-17-7-5-15/h2-3,8,12,16H,4-7,9,14H2,1H3. The van der Waals surface area contributed by atoms with Gasteiger partial charge in [0.05, 0.1) is 25.9 Å². The molecule has 2 rings (SSSR count). The van der Waals surface area contributed by atoms with Crippen molar-refractivity contribution in [1.82, 2.24) is 0 Å². The van der Waals surface area contributed by atoms with Crippen molar-refractivity contribution >= 4 is 5.69 Å². The lowest BCUT2D eigenvalue weighted by Gasteiger charge is -2.32. The zero-order valence-corrected chi connectivity index (χ0v) is 10.2. The second kappa shape index (κ2) is 5.49. The first kappa shape index (κ1) is 12.4. The SMILES string of the molecule is Cc1ccc(C(N)CO)c(N2CCOCC2)c1. The number of aliphatic hydroxyl groups excluding tert-OH is 1. The van der Waals surface area contributed by atoms with Crippen LogP contribution in [0.4, 0.5) is 5.69 Å². The van der Waals surface area contributed by atoms with E-state index in [-0.39, 0.29) is 12.6 Å². The molecule has 1 aliphatic heterocycles. The van der Waals surface area contributed by atoms with Crippen molar-refractivity contribution in [3.63, 3.8) is 0 Å². The smallest absolute Gasteiger partial charge is 0.0642 e. The highest BCUT2D eigenvalue weighted by molar-refractivity contribution is 5.57. The number of ether oxygens (including phenoxy) is 1. The number of nitrogens with two attached hydrogens (primary N) is 1. The van der Waals surface area contributed by atoms with E-state index in [1.54, 1.807) is 0 Å². The maximum atomic E-state index is 9.21. The minimum Gasteiger partial charge on any atom is -0.394 e. The molecule has 1 aromatic carbocycles. The highest BCUT2D eigenvalue weighted by atomic mass is 16.5. The Balaban J connectivity index is 2.31. The van der Waals surface area contributed by atoms with Crippen molar-refractivity contribution in [2.45, 2.75) is 13.0 Å². The third-order valence-electron chi connectivity index (χ3n) is 3.13. The van der Waals surface area contributed by atoms with Crippen molar-refractivity contribution in [2.75, 3.05) is 37.8 Å². The second-order valence-corrected chi connectivity index (χ2v) is 4.45. The van der Waals surface area contributed by atoms with E-state index in [9.17, 15) is 5.11 Å². The molecule has 0 bridgehead atoms. The molecule has 1 heterocycles. The molecule has 0 radical (unpaired) electrons. The van der Waals surface area contributed by atoms with Gasteiger partial charge in [-0.3, -0.25) is 0 Å². The van der Waals surface area contributed by atoms with Gasteiger partial charge in [-0.25, -0.2) is 0 Å². The Morgan fingerprint density at radius 2 is 2.12 bits per heavy atom. The van der Waals surface area contributed by atoms with Crippen LogP contribution in [0.1, 0.15) is 17.2 Å². The fourth-order valence-corrected chi connectivity index (χ4v) is 2.14. The molecular formula is C13H20N2O2. The summed E-state index contributed by atoms with van der Waals surface area (Å²) in [5, 5.41) is 9.21. The minimum atomic E-state index is -0.312. The lowest BCUT2D eigenvalue weighted by molar-refractivity contribution is 0.122. The van der Waals surface area contributed by atoms with Gasteiger partial charge in [0.1, 0.15) is 0 Å². The van der Waals surface area contributed by atoms with Gasteiger partial charge in [0.15, 0.2) is 0 Å². The first-order valence-corrected chi connectivity index (χ1v) is 6.02. The lowest BCUT2D eigenvalue weighted by Crippen LogP contribution is -2.37. The summed E-state index contributed by atoms with van der Waals surface area (Å²) in [6, 6.07) is 5.87. The molecule has 1 saturated heterocycles. The Morgan fingerprint density at radius 3 is 2.76 bits per heavy atom. The lowest BCUT2D eigenvalue weighted by atomic mass is 10.0. The summed E-state index contributed by atoms with van der Waals surface area (Å²) in [5.41, 5.74) is 9.30. The minimum absolute atomic E-state index is 0.0274. The number of aryl methyl sites for hydroxylation is 1. The van der Waals surface area contributed by atoms with E-state index in [4.69, 9.17) is 10.5 Å². The zero-order valence-electron chi connectivity index (χ0n) is 10.2. The molecule has 4 heteroatoms. The van der Waals surface area contributed by atoms with Gasteiger partial charge in [-0.15, -0.1) is 0 Å².